The van der Waals surface area contributed by atoms with E-state index in [0.717, 1.165) is 63.2 Å². The molecule has 1 atom stereocenters. The number of halogens is 1. The Balaban J connectivity index is 0.00000363. The molecule has 2 aliphatic heterocycles. The second-order valence-electron chi connectivity index (χ2n) is 9.13. The molecule has 3 heterocycles. The molecule has 0 amide bonds. The summed E-state index contributed by atoms with van der Waals surface area (Å²) in [4.78, 5) is 14.0. The number of guanidine groups is 1. The van der Waals surface area contributed by atoms with E-state index in [0.29, 0.717) is 25.6 Å². The van der Waals surface area contributed by atoms with Gasteiger partial charge in [0.25, 0.3) is 0 Å². The Morgan fingerprint density at radius 1 is 1.22 bits per heavy atom. The maximum Gasteiger partial charge on any atom is 0.191 e. The number of rotatable bonds is 8. The highest BCUT2D eigenvalue weighted by Crippen LogP contribution is 2.21. The largest absolute Gasteiger partial charge is 0.387 e. The van der Waals surface area contributed by atoms with E-state index >= 15 is 0 Å². The summed E-state index contributed by atoms with van der Waals surface area (Å²) in [6, 6.07) is 4.22. The van der Waals surface area contributed by atoms with Gasteiger partial charge in [-0.25, -0.2) is 9.98 Å². The molecule has 0 bridgehead atoms. The number of anilines is 1. The molecule has 0 aromatic carbocycles. The van der Waals surface area contributed by atoms with Gasteiger partial charge in [-0.15, -0.1) is 24.0 Å². The molecule has 2 fully saturated rings. The van der Waals surface area contributed by atoms with Crippen LogP contribution in [0.3, 0.4) is 0 Å². The number of ether oxygens (including phenoxy) is 1. The van der Waals surface area contributed by atoms with Gasteiger partial charge in [0.05, 0.1) is 25.4 Å². The van der Waals surface area contributed by atoms with E-state index in [4.69, 9.17) is 4.74 Å². The number of morpholine rings is 1. The van der Waals surface area contributed by atoms with Crippen molar-refractivity contribution in [3.05, 3.63) is 23.9 Å². The summed E-state index contributed by atoms with van der Waals surface area (Å²) < 4.78 is 5.39. The second-order valence-corrected chi connectivity index (χ2v) is 9.13. The first-order valence-corrected chi connectivity index (χ1v) is 11.7. The molecule has 1 aromatic heterocycles. The third-order valence-corrected chi connectivity index (χ3v) is 5.99. The molecule has 0 saturated carbocycles. The number of aliphatic imine (C=N–C) groups is 1. The third-order valence-electron chi connectivity index (χ3n) is 5.99. The Bertz CT molecular complexity index is 686. The van der Waals surface area contributed by atoms with E-state index in [1.54, 1.807) is 0 Å². The molecular weight excluding hydrogens is 519 g/mol. The van der Waals surface area contributed by atoms with Crippen LogP contribution in [0.2, 0.25) is 0 Å². The van der Waals surface area contributed by atoms with Crippen molar-refractivity contribution in [2.45, 2.75) is 45.8 Å². The van der Waals surface area contributed by atoms with Gasteiger partial charge in [-0.05, 0) is 44.2 Å². The van der Waals surface area contributed by atoms with E-state index in [-0.39, 0.29) is 24.0 Å². The van der Waals surface area contributed by atoms with Crippen LogP contribution in [0.4, 0.5) is 5.82 Å². The van der Waals surface area contributed by atoms with E-state index in [9.17, 15) is 5.11 Å². The van der Waals surface area contributed by atoms with Gasteiger partial charge >= 0.3 is 0 Å². The van der Waals surface area contributed by atoms with Crippen molar-refractivity contribution in [2.75, 3.05) is 63.9 Å². The smallest absolute Gasteiger partial charge is 0.191 e. The van der Waals surface area contributed by atoms with Gasteiger partial charge in [0.1, 0.15) is 5.82 Å². The maximum atomic E-state index is 10.8. The predicted molar refractivity (Wildman–Crippen MR) is 141 cm³/mol. The molecule has 9 heteroatoms. The standard InChI is InChI=1S/C23H40N6O2.HI/c1-4-24-22(27-17-23(3,30)18-28-11-13-31-14-12-28)26-16-20-5-6-21(25-15-20)29-9-7-19(2)8-10-29;/h5-6,15,19,30H,4,7-14,16-18H2,1-3H3,(H2,24,26,27);1H. The fourth-order valence-corrected chi connectivity index (χ4v) is 4.02. The average molecular weight is 561 g/mol. The molecular formula is C23H41IN6O2. The van der Waals surface area contributed by atoms with Crippen LogP contribution in [0, 0.1) is 5.92 Å². The lowest BCUT2D eigenvalue weighted by Gasteiger charge is -2.34. The van der Waals surface area contributed by atoms with Crippen LogP contribution in [-0.4, -0.2) is 85.6 Å². The highest BCUT2D eigenvalue weighted by molar-refractivity contribution is 14.0. The number of aliphatic hydroxyl groups is 1. The SMILES string of the molecule is CCNC(=NCc1ccc(N2CCC(C)CC2)nc1)NCC(C)(O)CN1CCOCC1.I. The van der Waals surface area contributed by atoms with Crippen LogP contribution in [-0.2, 0) is 11.3 Å². The summed E-state index contributed by atoms with van der Waals surface area (Å²) >= 11 is 0. The number of aromatic nitrogens is 1. The molecule has 32 heavy (non-hydrogen) atoms. The molecule has 3 N–H and O–H groups in total. The predicted octanol–water partition coefficient (Wildman–Crippen LogP) is 2.07. The van der Waals surface area contributed by atoms with E-state index < -0.39 is 5.60 Å². The number of hydrogen-bond acceptors (Lipinski definition) is 6. The van der Waals surface area contributed by atoms with Gasteiger partial charge in [0.15, 0.2) is 5.96 Å². The van der Waals surface area contributed by atoms with Gasteiger partial charge in [-0.1, -0.05) is 13.0 Å². The molecule has 0 spiro atoms. The van der Waals surface area contributed by atoms with Crippen molar-refractivity contribution in [2.24, 2.45) is 10.9 Å². The molecule has 0 radical (unpaired) electrons. The van der Waals surface area contributed by atoms with Gasteiger partial charge in [0, 0.05) is 52.0 Å². The first kappa shape index (κ1) is 27.1. The molecule has 182 valence electrons. The summed E-state index contributed by atoms with van der Waals surface area (Å²) in [5, 5.41) is 17.3. The molecule has 0 aliphatic carbocycles. The minimum absolute atomic E-state index is 0. The lowest BCUT2D eigenvalue weighted by Crippen LogP contribution is -2.52. The molecule has 2 saturated heterocycles. The fraction of sp³-hybridized carbons (Fsp3) is 0.739. The summed E-state index contributed by atoms with van der Waals surface area (Å²) in [6.45, 7) is 14.0. The molecule has 2 aliphatic rings. The summed E-state index contributed by atoms with van der Waals surface area (Å²) in [7, 11) is 0. The number of β-amino-alcohol motifs (C(OH)–C–C–N with tert-alkyl or cyclic N) is 1. The normalized spacial score (nSPS) is 20.4. The molecule has 8 nitrogen and oxygen atoms in total. The van der Waals surface area contributed by atoms with Gasteiger partial charge in [-0.2, -0.15) is 0 Å². The number of nitrogens with zero attached hydrogens (tertiary/aromatic N) is 4. The summed E-state index contributed by atoms with van der Waals surface area (Å²) in [5.41, 5.74) is 0.231. The molecule has 1 aromatic rings. The molecule has 1 unspecified atom stereocenters. The highest BCUT2D eigenvalue weighted by atomic mass is 127. The monoisotopic (exact) mass is 560 g/mol. The first-order valence-electron chi connectivity index (χ1n) is 11.7. The Morgan fingerprint density at radius 3 is 2.56 bits per heavy atom. The first-order chi connectivity index (χ1) is 14.9. The number of nitrogens with one attached hydrogen (secondary N) is 2. The Kier molecular flexibility index (Phi) is 11.4. The van der Waals surface area contributed by atoms with Crippen LogP contribution in [0.5, 0.6) is 0 Å². The molecule has 3 rings (SSSR count). The lowest BCUT2D eigenvalue weighted by molar-refractivity contribution is -0.0201. The summed E-state index contributed by atoms with van der Waals surface area (Å²) in [5.74, 6) is 2.58. The Morgan fingerprint density at radius 2 is 1.94 bits per heavy atom. The summed E-state index contributed by atoms with van der Waals surface area (Å²) in [6.07, 6.45) is 4.40. The van der Waals surface area contributed by atoms with Gasteiger partial charge < -0.3 is 25.4 Å². The minimum Gasteiger partial charge on any atom is -0.387 e. The number of pyridine rings is 1. The number of piperidine rings is 1. The Labute approximate surface area is 210 Å². The van der Waals surface area contributed by atoms with E-state index in [1.807, 2.05) is 20.0 Å². The van der Waals surface area contributed by atoms with Crippen molar-refractivity contribution in [1.29, 1.82) is 0 Å². The van der Waals surface area contributed by atoms with Crippen LogP contribution in [0.1, 0.15) is 39.2 Å². The average Bonchev–Trinajstić information content (AvgIpc) is 2.77. The van der Waals surface area contributed by atoms with Crippen LogP contribution in [0.25, 0.3) is 0 Å². The van der Waals surface area contributed by atoms with E-state index in [2.05, 4.69) is 49.5 Å². The highest BCUT2D eigenvalue weighted by Gasteiger charge is 2.25. The number of hydrogen-bond donors (Lipinski definition) is 3. The van der Waals surface area contributed by atoms with Crippen molar-refractivity contribution >= 4 is 35.8 Å². The van der Waals surface area contributed by atoms with Crippen LogP contribution < -0.4 is 15.5 Å². The lowest BCUT2D eigenvalue weighted by atomic mass is 9.99. The quantitative estimate of drug-likeness (QED) is 0.255. The van der Waals surface area contributed by atoms with Crippen LogP contribution >= 0.6 is 24.0 Å². The van der Waals surface area contributed by atoms with Gasteiger partial charge in [-0.3, -0.25) is 4.90 Å². The zero-order valence-electron chi connectivity index (χ0n) is 19.8. The zero-order chi connectivity index (χ0) is 22.1. The van der Waals surface area contributed by atoms with Crippen LogP contribution in [0.15, 0.2) is 23.3 Å². The Hall–Kier alpha value is -1.17. The fourth-order valence-electron chi connectivity index (χ4n) is 4.02. The second kappa shape index (κ2) is 13.5. The van der Waals surface area contributed by atoms with Crippen molar-refractivity contribution in [1.82, 2.24) is 20.5 Å². The van der Waals surface area contributed by atoms with Crippen molar-refractivity contribution in [3.63, 3.8) is 0 Å². The van der Waals surface area contributed by atoms with Crippen molar-refractivity contribution in [3.8, 4) is 0 Å². The zero-order valence-corrected chi connectivity index (χ0v) is 22.2. The topological polar surface area (TPSA) is 85.2 Å². The van der Waals surface area contributed by atoms with Crippen molar-refractivity contribution < 1.29 is 9.84 Å². The third kappa shape index (κ3) is 8.99. The van der Waals surface area contributed by atoms with E-state index in [1.165, 1.54) is 12.8 Å². The minimum atomic E-state index is -0.845. The van der Waals surface area contributed by atoms with Gasteiger partial charge in [0.2, 0.25) is 0 Å². The maximum absolute atomic E-state index is 10.8.